The summed E-state index contributed by atoms with van der Waals surface area (Å²) in [5.74, 6) is 0.242. The van der Waals surface area contributed by atoms with Gasteiger partial charge in [-0.15, -0.1) is 12.4 Å². The Kier molecular flexibility index (Phi) is 15.0. The summed E-state index contributed by atoms with van der Waals surface area (Å²) in [5, 5.41) is 29.5. The van der Waals surface area contributed by atoms with Crippen LogP contribution in [-0.4, -0.2) is 74.5 Å². The summed E-state index contributed by atoms with van der Waals surface area (Å²) in [4.78, 5) is 38.0. The fourth-order valence-corrected chi connectivity index (χ4v) is 4.69. The Bertz CT molecular complexity index is 1630. The Morgan fingerprint density at radius 2 is 1.35 bits per heavy atom. The molecule has 2 aromatic carbocycles. The van der Waals surface area contributed by atoms with Gasteiger partial charge in [-0.05, 0) is 66.2 Å². The molecular formula is C30H32B2Cl2N4O10. The number of phenols is 1. The van der Waals surface area contributed by atoms with E-state index < -0.39 is 26.4 Å². The number of aromatic nitrogens is 4. The van der Waals surface area contributed by atoms with Crippen molar-refractivity contribution in [2.75, 3.05) is 13.2 Å². The highest BCUT2D eigenvalue weighted by Gasteiger charge is 2.37. The average molecular weight is 701 g/mol. The van der Waals surface area contributed by atoms with Gasteiger partial charge in [0, 0.05) is 18.5 Å². The molecule has 4 heterocycles. The van der Waals surface area contributed by atoms with Crippen molar-refractivity contribution in [3.05, 3.63) is 89.9 Å². The molecule has 0 saturated heterocycles. The summed E-state index contributed by atoms with van der Waals surface area (Å²) in [6.45, 7) is 4.10. The molecule has 2 aliphatic heterocycles. The van der Waals surface area contributed by atoms with Gasteiger partial charge in [0.2, 0.25) is 5.88 Å². The lowest BCUT2D eigenvalue weighted by atomic mass is 9.79. The topological polar surface area (TPSA) is 193 Å². The van der Waals surface area contributed by atoms with Crippen molar-refractivity contribution in [2.24, 2.45) is 0 Å². The summed E-state index contributed by atoms with van der Waals surface area (Å²) in [7, 11) is -2.20. The van der Waals surface area contributed by atoms with E-state index in [1.807, 2.05) is 0 Å². The van der Waals surface area contributed by atoms with E-state index >= 15 is 0 Å². The Balaban J connectivity index is 0.000000219. The van der Waals surface area contributed by atoms with Crippen LogP contribution < -0.4 is 15.7 Å². The lowest BCUT2D eigenvalue weighted by molar-refractivity contribution is -0.146. The van der Waals surface area contributed by atoms with E-state index in [2.05, 4.69) is 19.9 Å². The number of fused-ring (bicyclic) bond motifs is 2. The Labute approximate surface area is 288 Å². The molecule has 14 nitrogen and oxygen atoms in total. The molecule has 6 rings (SSSR count). The van der Waals surface area contributed by atoms with Crippen LogP contribution in [0.25, 0.3) is 0 Å². The van der Waals surface area contributed by atoms with Crippen molar-refractivity contribution >= 4 is 61.1 Å². The number of ether oxygens (including phenoxy) is 3. The highest BCUT2D eigenvalue weighted by Crippen LogP contribution is 2.30. The summed E-state index contributed by atoms with van der Waals surface area (Å²) in [5.41, 5.74) is 2.54. The van der Waals surface area contributed by atoms with Crippen LogP contribution in [-0.2, 0) is 28.4 Å². The second-order valence-corrected chi connectivity index (χ2v) is 10.1. The molecule has 0 amide bonds. The van der Waals surface area contributed by atoms with Gasteiger partial charge < -0.3 is 38.7 Å². The molecule has 48 heavy (non-hydrogen) atoms. The smallest absolute Gasteiger partial charge is 0.492 e. The lowest BCUT2D eigenvalue weighted by Crippen LogP contribution is -2.28. The molecular weight excluding hydrogens is 669 g/mol. The van der Waals surface area contributed by atoms with Gasteiger partial charge in [-0.2, -0.15) is 0 Å². The van der Waals surface area contributed by atoms with Crippen LogP contribution in [0.5, 0.6) is 17.4 Å². The number of benzene rings is 2. The Morgan fingerprint density at radius 1 is 0.812 bits per heavy atom. The molecule has 2 unspecified atom stereocenters. The number of hydrogen-bond acceptors (Lipinski definition) is 14. The number of nitrogens with zero attached hydrogens (tertiary/aromatic N) is 4. The quantitative estimate of drug-likeness (QED) is 0.138. The first kappa shape index (κ1) is 38.1. The molecule has 2 aliphatic rings. The number of carbonyl (C=O) groups excluding carboxylic acids is 2. The number of carbonyl (C=O) groups is 2. The van der Waals surface area contributed by atoms with Gasteiger partial charge in [-0.3, -0.25) is 9.59 Å². The lowest BCUT2D eigenvalue weighted by Gasteiger charge is -2.11. The first-order chi connectivity index (χ1) is 22.7. The SMILES string of the molecule is CCOC(=O)CC1OB(O)c2cc(O)ccc21.CCOC(=O)CC1OB(O)c2cc(Oc3ccncn3)ccc21.Cl.Clc1ccncn1. The minimum atomic E-state index is -1.10. The van der Waals surface area contributed by atoms with E-state index in [1.54, 1.807) is 62.6 Å². The van der Waals surface area contributed by atoms with Crippen molar-refractivity contribution in [3.63, 3.8) is 0 Å². The second-order valence-electron chi connectivity index (χ2n) is 9.76. The summed E-state index contributed by atoms with van der Waals surface area (Å²) in [6.07, 6.45) is 5.04. The molecule has 0 radical (unpaired) electrons. The van der Waals surface area contributed by atoms with Crippen LogP contribution in [0.1, 0.15) is 50.0 Å². The van der Waals surface area contributed by atoms with Gasteiger partial charge in [0.05, 0.1) is 38.3 Å². The first-order valence-electron chi connectivity index (χ1n) is 14.5. The van der Waals surface area contributed by atoms with E-state index in [4.69, 9.17) is 35.1 Å². The molecule has 0 aliphatic carbocycles. The number of aromatic hydroxyl groups is 1. The molecule has 252 valence electrons. The normalized spacial score (nSPS) is 15.4. The van der Waals surface area contributed by atoms with E-state index in [0.29, 0.717) is 46.5 Å². The van der Waals surface area contributed by atoms with E-state index in [9.17, 15) is 24.7 Å². The molecule has 3 N–H and O–H groups in total. The number of hydrogen-bond donors (Lipinski definition) is 3. The van der Waals surface area contributed by atoms with Crippen LogP contribution >= 0.6 is 24.0 Å². The molecule has 0 bridgehead atoms. The van der Waals surface area contributed by atoms with E-state index in [-0.39, 0.29) is 42.9 Å². The van der Waals surface area contributed by atoms with Crippen molar-refractivity contribution in [1.82, 2.24) is 19.9 Å². The van der Waals surface area contributed by atoms with Gasteiger partial charge in [0.25, 0.3) is 0 Å². The maximum Gasteiger partial charge on any atom is 0.492 e. The summed E-state index contributed by atoms with van der Waals surface area (Å²) in [6, 6.07) is 13.0. The molecule has 18 heteroatoms. The molecule has 0 saturated carbocycles. The predicted molar refractivity (Wildman–Crippen MR) is 176 cm³/mol. The standard InChI is InChI=1S/C15H15BN2O5.C11H13BO5.C4H3ClN2.ClH/c1-2-21-15(19)8-13-11-4-3-10(7-12(11)16(20)23-13)22-14-5-6-17-9-18-14;1-2-16-11(14)6-10-8-4-3-7(13)5-9(8)12(15)17-10;5-4-1-2-6-3-7-4;/h3-7,9,13,20H,2,8H2,1H3;3-5,10,13,15H,2,6H2,1H3;1-3H;1H. The summed E-state index contributed by atoms with van der Waals surface area (Å²) < 4.78 is 26.0. The summed E-state index contributed by atoms with van der Waals surface area (Å²) >= 11 is 5.39. The highest BCUT2D eigenvalue weighted by molar-refractivity contribution is 6.62. The van der Waals surface area contributed by atoms with Crippen LogP contribution in [0, 0.1) is 0 Å². The van der Waals surface area contributed by atoms with Crippen LogP contribution in [0.15, 0.2) is 73.6 Å². The zero-order valence-electron chi connectivity index (χ0n) is 25.8. The van der Waals surface area contributed by atoms with Gasteiger partial charge in [-0.1, -0.05) is 23.7 Å². The fraction of sp³-hybridized carbons (Fsp3) is 0.267. The fourth-order valence-electron chi connectivity index (χ4n) is 4.59. The molecule has 0 spiro atoms. The van der Waals surface area contributed by atoms with Crippen molar-refractivity contribution in [2.45, 2.75) is 38.9 Å². The Hall–Kier alpha value is -4.31. The van der Waals surface area contributed by atoms with Crippen LogP contribution in [0.3, 0.4) is 0 Å². The first-order valence-corrected chi connectivity index (χ1v) is 14.9. The average Bonchev–Trinajstić information content (AvgIpc) is 3.52. The molecule has 2 atom stereocenters. The number of esters is 2. The zero-order valence-corrected chi connectivity index (χ0v) is 27.4. The highest BCUT2D eigenvalue weighted by atomic mass is 35.5. The number of rotatable bonds is 8. The molecule has 0 fully saturated rings. The second kappa shape index (κ2) is 18.9. The largest absolute Gasteiger partial charge is 0.508 e. The number of phenolic OH excluding ortho intramolecular Hbond substituents is 1. The third-order valence-corrected chi connectivity index (χ3v) is 6.80. The van der Waals surface area contributed by atoms with Gasteiger partial charge in [0.1, 0.15) is 29.3 Å². The molecule has 2 aromatic heterocycles. The van der Waals surface area contributed by atoms with E-state index in [0.717, 1.165) is 5.56 Å². The van der Waals surface area contributed by atoms with Crippen molar-refractivity contribution < 1.29 is 48.3 Å². The Morgan fingerprint density at radius 3 is 1.83 bits per heavy atom. The van der Waals surface area contributed by atoms with Crippen LogP contribution in [0.4, 0.5) is 0 Å². The minimum Gasteiger partial charge on any atom is -0.508 e. The number of halogens is 2. The maximum absolute atomic E-state index is 11.6. The van der Waals surface area contributed by atoms with E-state index in [1.165, 1.54) is 24.8 Å². The third kappa shape index (κ3) is 10.9. The minimum absolute atomic E-state index is 0. The third-order valence-electron chi connectivity index (χ3n) is 6.58. The molecule has 4 aromatic rings. The predicted octanol–water partition coefficient (Wildman–Crippen LogP) is 2.64. The van der Waals surface area contributed by atoms with Gasteiger partial charge >= 0.3 is 26.2 Å². The van der Waals surface area contributed by atoms with Gasteiger partial charge in [-0.25, -0.2) is 19.9 Å². The maximum atomic E-state index is 11.6. The van der Waals surface area contributed by atoms with Gasteiger partial charge in [0.15, 0.2) is 0 Å². The van der Waals surface area contributed by atoms with Crippen LogP contribution in [0.2, 0.25) is 5.15 Å². The monoisotopic (exact) mass is 700 g/mol. The van der Waals surface area contributed by atoms with Crippen molar-refractivity contribution in [1.29, 1.82) is 0 Å². The zero-order chi connectivity index (χ0) is 33.8. The van der Waals surface area contributed by atoms with Crippen molar-refractivity contribution in [3.8, 4) is 17.4 Å².